The van der Waals surface area contributed by atoms with Crippen LogP contribution in [-0.2, 0) is 16.1 Å². The second kappa shape index (κ2) is 7.50. The highest BCUT2D eigenvalue weighted by molar-refractivity contribution is 6.30. The number of halogens is 1. The summed E-state index contributed by atoms with van der Waals surface area (Å²) >= 11 is 5.93. The van der Waals surface area contributed by atoms with Gasteiger partial charge in [0.15, 0.2) is 0 Å². The summed E-state index contributed by atoms with van der Waals surface area (Å²) < 4.78 is 0. The van der Waals surface area contributed by atoms with Gasteiger partial charge in [0.05, 0.1) is 6.54 Å². The number of nitrogens with zero attached hydrogens (tertiary/aromatic N) is 3. The molecule has 0 aliphatic carbocycles. The molecule has 1 spiro atoms. The van der Waals surface area contributed by atoms with Crippen LogP contribution >= 0.6 is 11.6 Å². The van der Waals surface area contributed by atoms with Crippen molar-refractivity contribution in [3.63, 3.8) is 0 Å². The van der Waals surface area contributed by atoms with Crippen molar-refractivity contribution in [3.8, 4) is 0 Å². The van der Waals surface area contributed by atoms with Crippen LogP contribution in [0, 0.1) is 5.92 Å². The van der Waals surface area contributed by atoms with E-state index in [4.69, 9.17) is 11.6 Å². The maximum atomic E-state index is 13.4. The summed E-state index contributed by atoms with van der Waals surface area (Å²) in [7, 11) is 0. The maximum absolute atomic E-state index is 13.4. The van der Waals surface area contributed by atoms with Crippen LogP contribution in [0.3, 0.4) is 0 Å². The minimum absolute atomic E-state index is 0.00931. The van der Waals surface area contributed by atoms with Crippen molar-refractivity contribution in [1.29, 1.82) is 0 Å². The van der Waals surface area contributed by atoms with Gasteiger partial charge in [-0.3, -0.25) is 14.5 Å². The third-order valence-corrected chi connectivity index (χ3v) is 5.71. The highest BCUT2D eigenvalue weighted by Gasteiger charge is 2.57. The summed E-state index contributed by atoms with van der Waals surface area (Å²) in [5.74, 6) is 0.112. The van der Waals surface area contributed by atoms with E-state index in [1.54, 1.807) is 28.9 Å². The van der Waals surface area contributed by atoms with E-state index in [0.29, 0.717) is 37.5 Å². The standard InChI is InChI=1S/C20H26ClN3O3/c1-14(2)12-24-19(27)23(13-16-4-6-17(21)7-5-16)18(26)20(24)8-10-22(11-9-20)15(3)25/h4-7,14H,8-13H2,1-3H3. The van der Waals surface area contributed by atoms with Crippen LogP contribution in [-0.4, -0.2) is 57.7 Å². The lowest BCUT2D eigenvalue weighted by Gasteiger charge is -2.42. The van der Waals surface area contributed by atoms with Crippen LogP contribution in [0.15, 0.2) is 24.3 Å². The molecule has 6 nitrogen and oxygen atoms in total. The highest BCUT2D eigenvalue weighted by Crippen LogP contribution is 2.38. The number of carbonyl (C=O) groups excluding carboxylic acids is 3. The summed E-state index contributed by atoms with van der Waals surface area (Å²) in [6.45, 7) is 7.38. The van der Waals surface area contributed by atoms with Gasteiger partial charge in [0, 0.05) is 31.6 Å². The molecular weight excluding hydrogens is 366 g/mol. The van der Waals surface area contributed by atoms with Gasteiger partial charge in [0.1, 0.15) is 5.54 Å². The van der Waals surface area contributed by atoms with Crippen molar-refractivity contribution in [3.05, 3.63) is 34.9 Å². The molecule has 2 aliphatic rings. The zero-order valence-electron chi connectivity index (χ0n) is 16.1. The van der Waals surface area contributed by atoms with E-state index >= 15 is 0 Å². The van der Waals surface area contributed by atoms with Gasteiger partial charge in [0.25, 0.3) is 5.91 Å². The van der Waals surface area contributed by atoms with E-state index in [2.05, 4.69) is 0 Å². The quantitative estimate of drug-likeness (QED) is 0.741. The number of amides is 4. The van der Waals surface area contributed by atoms with Crippen molar-refractivity contribution >= 4 is 29.4 Å². The SMILES string of the molecule is CC(=O)N1CCC2(CC1)C(=O)N(Cc1ccc(Cl)cc1)C(=O)N2CC(C)C. The molecule has 0 N–H and O–H groups in total. The van der Waals surface area contributed by atoms with Crippen molar-refractivity contribution in [2.24, 2.45) is 5.92 Å². The van der Waals surface area contributed by atoms with E-state index < -0.39 is 5.54 Å². The van der Waals surface area contributed by atoms with Crippen LogP contribution in [0.4, 0.5) is 4.79 Å². The molecule has 0 unspecified atom stereocenters. The van der Waals surface area contributed by atoms with Gasteiger partial charge in [-0.05, 0) is 36.5 Å². The van der Waals surface area contributed by atoms with Crippen molar-refractivity contribution in [2.75, 3.05) is 19.6 Å². The predicted octanol–water partition coefficient (Wildman–Crippen LogP) is 3.14. The second-order valence-corrected chi connectivity index (χ2v) is 8.28. The van der Waals surface area contributed by atoms with Gasteiger partial charge in [-0.15, -0.1) is 0 Å². The van der Waals surface area contributed by atoms with Gasteiger partial charge < -0.3 is 9.80 Å². The molecule has 4 amide bonds. The van der Waals surface area contributed by atoms with Crippen molar-refractivity contribution in [2.45, 2.75) is 45.7 Å². The molecule has 7 heteroatoms. The number of imide groups is 1. The number of urea groups is 1. The van der Waals surface area contributed by atoms with E-state index in [-0.39, 0.29) is 30.3 Å². The molecule has 1 aromatic carbocycles. The smallest absolute Gasteiger partial charge is 0.327 e. The molecule has 1 aromatic rings. The molecule has 2 heterocycles. The summed E-state index contributed by atoms with van der Waals surface area (Å²) in [6.07, 6.45) is 0.974. The van der Waals surface area contributed by atoms with Crippen molar-refractivity contribution in [1.82, 2.24) is 14.7 Å². The van der Waals surface area contributed by atoms with Gasteiger partial charge >= 0.3 is 6.03 Å². The van der Waals surface area contributed by atoms with Gasteiger partial charge in [-0.25, -0.2) is 4.79 Å². The highest BCUT2D eigenvalue weighted by atomic mass is 35.5. The number of rotatable bonds is 4. The number of piperidine rings is 1. The molecule has 0 atom stereocenters. The molecule has 3 rings (SSSR count). The first kappa shape index (κ1) is 19.7. The van der Waals surface area contributed by atoms with E-state index in [0.717, 1.165) is 5.56 Å². The lowest BCUT2D eigenvalue weighted by atomic mass is 9.85. The summed E-state index contributed by atoms with van der Waals surface area (Å²) in [6, 6.07) is 6.95. The van der Waals surface area contributed by atoms with E-state index in [1.807, 2.05) is 26.0 Å². The third kappa shape index (κ3) is 3.68. The Morgan fingerprint density at radius 1 is 1.15 bits per heavy atom. The van der Waals surface area contributed by atoms with Crippen LogP contribution in [0.25, 0.3) is 0 Å². The molecule has 0 aromatic heterocycles. The lowest BCUT2D eigenvalue weighted by Crippen LogP contribution is -2.57. The van der Waals surface area contributed by atoms with Crippen LogP contribution in [0.5, 0.6) is 0 Å². The molecule has 0 saturated carbocycles. The molecule has 2 saturated heterocycles. The Hall–Kier alpha value is -2.08. The second-order valence-electron chi connectivity index (χ2n) is 7.84. The predicted molar refractivity (Wildman–Crippen MR) is 103 cm³/mol. The minimum Gasteiger partial charge on any atom is -0.343 e. The Labute approximate surface area is 165 Å². The van der Waals surface area contributed by atoms with Crippen LogP contribution in [0.1, 0.15) is 39.2 Å². The average Bonchev–Trinajstić information content (AvgIpc) is 2.80. The minimum atomic E-state index is -0.834. The fraction of sp³-hybridized carbons (Fsp3) is 0.550. The van der Waals surface area contributed by atoms with Gasteiger partial charge in [-0.2, -0.15) is 0 Å². The summed E-state index contributed by atoms with van der Waals surface area (Å²) in [4.78, 5) is 43.0. The van der Waals surface area contributed by atoms with E-state index in [9.17, 15) is 14.4 Å². The molecule has 2 fully saturated rings. The van der Waals surface area contributed by atoms with Gasteiger partial charge in [0.2, 0.25) is 5.91 Å². The summed E-state index contributed by atoms with van der Waals surface area (Å²) in [5, 5.41) is 0.618. The number of hydrogen-bond acceptors (Lipinski definition) is 3. The van der Waals surface area contributed by atoms with Crippen molar-refractivity contribution < 1.29 is 14.4 Å². The number of carbonyl (C=O) groups is 3. The Balaban J connectivity index is 1.87. The molecule has 146 valence electrons. The zero-order chi connectivity index (χ0) is 19.8. The number of likely N-dealkylation sites (tertiary alicyclic amines) is 1. The zero-order valence-corrected chi connectivity index (χ0v) is 16.8. The normalized spacial score (nSPS) is 19.5. The van der Waals surface area contributed by atoms with Crippen LogP contribution in [0.2, 0.25) is 5.02 Å². The average molecular weight is 392 g/mol. The largest absolute Gasteiger partial charge is 0.343 e. The topological polar surface area (TPSA) is 60.9 Å². The number of benzene rings is 1. The first-order valence-electron chi connectivity index (χ1n) is 9.38. The first-order chi connectivity index (χ1) is 12.7. The molecule has 0 radical (unpaired) electrons. The first-order valence-corrected chi connectivity index (χ1v) is 9.76. The Morgan fingerprint density at radius 2 is 1.74 bits per heavy atom. The van der Waals surface area contributed by atoms with Gasteiger partial charge in [-0.1, -0.05) is 37.6 Å². The maximum Gasteiger partial charge on any atom is 0.327 e. The van der Waals surface area contributed by atoms with E-state index in [1.165, 1.54) is 4.90 Å². The Bertz CT molecular complexity index is 739. The summed E-state index contributed by atoms with van der Waals surface area (Å²) in [5.41, 5.74) is 0.0310. The third-order valence-electron chi connectivity index (χ3n) is 5.46. The lowest BCUT2D eigenvalue weighted by molar-refractivity contribution is -0.140. The molecular formula is C20H26ClN3O3. The van der Waals surface area contributed by atoms with Crippen LogP contribution < -0.4 is 0 Å². The monoisotopic (exact) mass is 391 g/mol. The molecule has 2 aliphatic heterocycles. The molecule has 0 bridgehead atoms. The molecule has 27 heavy (non-hydrogen) atoms. The fourth-order valence-corrected chi connectivity index (χ4v) is 4.11. The fourth-order valence-electron chi connectivity index (χ4n) is 3.99. The Morgan fingerprint density at radius 3 is 2.26 bits per heavy atom. The Kier molecular flexibility index (Phi) is 5.47. The number of hydrogen-bond donors (Lipinski definition) is 0.